The van der Waals surface area contributed by atoms with Crippen LogP contribution in [0.5, 0.6) is 0 Å². The van der Waals surface area contributed by atoms with Gasteiger partial charge in [0.15, 0.2) is 28.8 Å². The fraction of sp³-hybridized carbons (Fsp3) is 0.375. The summed E-state index contributed by atoms with van der Waals surface area (Å²) in [5, 5.41) is 44.7. The molecule has 1 saturated heterocycles. The highest BCUT2D eigenvalue weighted by Gasteiger charge is 2.57. The second-order valence-corrected chi connectivity index (χ2v) is 8.87. The number of aliphatic hydroxyl groups is 2. The lowest BCUT2D eigenvalue weighted by molar-refractivity contribution is -0.191. The van der Waals surface area contributed by atoms with Gasteiger partial charge in [-0.15, -0.1) is 6.42 Å². The van der Waals surface area contributed by atoms with E-state index in [0.717, 1.165) is 0 Å². The van der Waals surface area contributed by atoms with E-state index < -0.39 is 54.6 Å². The molecular formula is C24H24ClN5O8. The molecule has 3 aromatic rings. The van der Waals surface area contributed by atoms with E-state index in [9.17, 15) is 30.0 Å². The number of fused-ring (bicyclic) bond motifs is 1. The van der Waals surface area contributed by atoms with Gasteiger partial charge in [-0.1, -0.05) is 36.3 Å². The number of carboxylic acid groups (broad SMARTS) is 2. The number of aromatic nitrogens is 4. The van der Waals surface area contributed by atoms with Gasteiger partial charge in [-0.25, -0.2) is 14.6 Å². The Labute approximate surface area is 221 Å². The van der Waals surface area contributed by atoms with Gasteiger partial charge in [0.1, 0.15) is 12.2 Å². The highest BCUT2D eigenvalue weighted by Crippen LogP contribution is 2.39. The molecular weight excluding hydrogens is 522 g/mol. The van der Waals surface area contributed by atoms with Crippen molar-refractivity contribution < 1.29 is 39.5 Å². The summed E-state index contributed by atoms with van der Waals surface area (Å²) in [6.07, 6.45) is 1.61. The number of benzene rings is 1. The van der Waals surface area contributed by atoms with Crippen molar-refractivity contribution in [3.05, 3.63) is 47.5 Å². The maximum Gasteiger partial charge on any atom is 0.348 e. The molecule has 4 atom stereocenters. The van der Waals surface area contributed by atoms with E-state index in [2.05, 4.69) is 26.2 Å². The first-order valence-electron chi connectivity index (χ1n) is 11.4. The molecule has 1 aromatic carbocycles. The summed E-state index contributed by atoms with van der Waals surface area (Å²) < 4.78 is 12.5. The maximum absolute atomic E-state index is 12.1. The zero-order chi connectivity index (χ0) is 27.7. The van der Waals surface area contributed by atoms with Crippen LogP contribution in [0.4, 0.5) is 5.82 Å². The van der Waals surface area contributed by atoms with Crippen LogP contribution in [0, 0.1) is 12.3 Å². The standard InChI is InChI=1S/C24H24ClN5O8/c1-3-23(36)14(11-37-24(20(32)33,21(34)35)10-13-8-6-5-7-9-13)38-19(16(23)31)30-12-27-15-17(26-4-2)28-22(25)29-18(15)30/h1,5-9,12,14,16,19,31,36H,4,10-11H2,2H3,(H,32,33)(H,34,35)(H,26,28,29)/t14-,16+,19-,23-/m1/s1. The van der Waals surface area contributed by atoms with Crippen LogP contribution in [0.2, 0.25) is 5.28 Å². The molecule has 5 N–H and O–H groups in total. The van der Waals surface area contributed by atoms with Gasteiger partial charge in [0.05, 0.1) is 12.9 Å². The molecule has 1 fully saturated rings. The molecule has 1 aliphatic rings. The number of imidazole rings is 1. The summed E-state index contributed by atoms with van der Waals surface area (Å²) in [6.45, 7) is 1.56. The minimum absolute atomic E-state index is 0.122. The highest BCUT2D eigenvalue weighted by atomic mass is 35.5. The quantitative estimate of drug-likeness (QED) is 0.136. The summed E-state index contributed by atoms with van der Waals surface area (Å²) in [5.41, 5.74) is -4.28. The lowest BCUT2D eigenvalue weighted by atomic mass is 9.92. The number of aliphatic carboxylic acids is 2. The summed E-state index contributed by atoms with van der Waals surface area (Å²) >= 11 is 6.05. The number of nitrogens with one attached hydrogen (secondary N) is 1. The number of halogens is 1. The van der Waals surface area contributed by atoms with Crippen molar-refractivity contribution in [1.29, 1.82) is 0 Å². The van der Waals surface area contributed by atoms with E-state index in [-0.39, 0.29) is 10.9 Å². The minimum atomic E-state index is -2.73. The van der Waals surface area contributed by atoms with Crippen LogP contribution in [0.25, 0.3) is 11.2 Å². The number of carbonyl (C=O) groups is 2. The fourth-order valence-electron chi connectivity index (χ4n) is 4.20. The van der Waals surface area contributed by atoms with Gasteiger partial charge in [0, 0.05) is 13.0 Å². The number of terminal acetylenes is 1. The molecule has 14 heteroatoms. The molecule has 2 aromatic heterocycles. The van der Waals surface area contributed by atoms with E-state index in [1.165, 1.54) is 10.9 Å². The molecule has 13 nitrogen and oxygen atoms in total. The molecule has 0 bridgehead atoms. The fourth-order valence-corrected chi connectivity index (χ4v) is 4.37. The molecule has 38 heavy (non-hydrogen) atoms. The van der Waals surface area contributed by atoms with Gasteiger partial charge in [-0.05, 0) is 24.1 Å². The second-order valence-electron chi connectivity index (χ2n) is 8.54. The Kier molecular flexibility index (Phi) is 7.54. The Morgan fingerprint density at radius 1 is 1.29 bits per heavy atom. The number of rotatable bonds is 10. The van der Waals surface area contributed by atoms with Crippen molar-refractivity contribution in [2.45, 2.75) is 43.0 Å². The third kappa shape index (κ3) is 4.64. The van der Waals surface area contributed by atoms with Crippen LogP contribution in [0.3, 0.4) is 0 Å². The molecule has 200 valence electrons. The monoisotopic (exact) mass is 545 g/mol. The molecule has 0 saturated carbocycles. The van der Waals surface area contributed by atoms with Crippen molar-refractivity contribution in [3.63, 3.8) is 0 Å². The number of aliphatic hydroxyl groups excluding tert-OH is 1. The molecule has 3 heterocycles. The van der Waals surface area contributed by atoms with Crippen molar-refractivity contribution in [1.82, 2.24) is 19.5 Å². The van der Waals surface area contributed by atoms with E-state index >= 15 is 0 Å². The van der Waals surface area contributed by atoms with Crippen molar-refractivity contribution in [2.75, 3.05) is 18.5 Å². The minimum Gasteiger partial charge on any atom is -0.479 e. The SMILES string of the molecule is C#C[C@@]1(O)[C@@H](COC(Cc2ccccc2)(C(=O)O)C(=O)O)O[C@@H](n2cnc3c(NCC)nc(Cl)nc32)[C@@H]1O. The van der Waals surface area contributed by atoms with Gasteiger partial charge in [-0.2, -0.15) is 9.97 Å². The molecule has 0 spiro atoms. The molecule has 4 rings (SSSR count). The molecule has 0 aliphatic carbocycles. The summed E-state index contributed by atoms with van der Waals surface area (Å²) in [7, 11) is 0. The first-order valence-corrected chi connectivity index (χ1v) is 11.8. The predicted octanol–water partition coefficient (Wildman–Crippen LogP) is 0.701. The number of hydrogen-bond acceptors (Lipinski definition) is 10. The largest absolute Gasteiger partial charge is 0.479 e. The van der Waals surface area contributed by atoms with Gasteiger partial charge in [0.2, 0.25) is 5.28 Å². The average Bonchev–Trinajstić information content (AvgIpc) is 3.41. The van der Waals surface area contributed by atoms with Crippen LogP contribution in [0.1, 0.15) is 18.7 Å². The number of carboxylic acids is 2. The molecule has 0 amide bonds. The molecule has 0 radical (unpaired) electrons. The van der Waals surface area contributed by atoms with E-state index in [1.54, 1.807) is 30.3 Å². The first-order chi connectivity index (χ1) is 18.1. The first kappa shape index (κ1) is 27.2. The number of nitrogens with zero attached hydrogens (tertiary/aromatic N) is 4. The summed E-state index contributed by atoms with van der Waals surface area (Å²) in [4.78, 5) is 36.7. The van der Waals surface area contributed by atoms with Crippen molar-refractivity contribution >= 4 is 40.5 Å². The van der Waals surface area contributed by atoms with Gasteiger partial charge in [-0.3, -0.25) is 4.57 Å². The van der Waals surface area contributed by atoms with Crippen LogP contribution in [-0.4, -0.2) is 88.4 Å². The van der Waals surface area contributed by atoms with Gasteiger partial charge < -0.3 is 35.2 Å². The van der Waals surface area contributed by atoms with E-state index in [0.29, 0.717) is 23.4 Å². The number of ether oxygens (including phenoxy) is 2. The average molecular weight is 546 g/mol. The normalized spacial score (nSPS) is 23.3. The Balaban J connectivity index is 1.66. The Morgan fingerprint density at radius 3 is 2.58 bits per heavy atom. The number of anilines is 1. The third-order valence-corrected chi connectivity index (χ3v) is 6.40. The van der Waals surface area contributed by atoms with Gasteiger partial charge in [0.25, 0.3) is 5.60 Å². The van der Waals surface area contributed by atoms with E-state index in [4.69, 9.17) is 27.5 Å². The van der Waals surface area contributed by atoms with Crippen LogP contribution in [0.15, 0.2) is 36.7 Å². The molecule has 1 aliphatic heterocycles. The van der Waals surface area contributed by atoms with Gasteiger partial charge >= 0.3 is 11.9 Å². The summed E-state index contributed by atoms with van der Waals surface area (Å²) in [5.74, 6) is -1.14. The topological polar surface area (TPSA) is 189 Å². The Hall–Kier alpha value is -3.80. The van der Waals surface area contributed by atoms with Crippen LogP contribution in [-0.2, 0) is 25.5 Å². The van der Waals surface area contributed by atoms with E-state index in [1.807, 2.05) is 6.92 Å². The predicted molar refractivity (Wildman–Crippen MR) is 132 cm³/mol. The zero-order valence-corrected chi connectivity index (χ0v) is 20.7. The van der Waals surface area contributed by atoms with Crippen molar-refractivity contribution in [3.8, 4) is 12.3 Å². The lowest BCUT2D eigenvalue weighted by Gasteiger charge is -2.30. The smallest absolute Gasteiger partial charge is 0.348 e. The summed E-state index contributed by atoms with van der Waals surface area (Å²) in [6, 6.07) is 8.02. The highest BCUT2D eigenvalue weighted by molar-refractivity contribution is 6.28. The number of hydrogen-bond donors (Lipinski definition) is 5. The second kappa shape index (κ2) is 10.5. The van der Waals surface area contributed by atoms with Crippen LogP contribution < -0.4 is 5.32 Å². The van der Waals surface area contributed by atoms with Crippen molar-refractivity contribution in [2.24, 2.45) is 0 Å². The third-order valence-electron chi connectivity index (χ3n) is 6.23. The zero-order valence-electron chi connectivity index (χ0n) is 20.0. The van der Waals surface area contributed by atoms with Crippen LogP contribution >= 0.6 is 11.6 Å². The molecule has 0 unspecified atom stereocenters. The maximum atomic E-state index is 12.1. The Bertz CT molecular complexity index is 1380. The Morgan fingerprint density at radius 2 is 1.97 bits per heavy atom. The lowest BCUT2D eigenvalue weighted by Crippen LogP contribution is -2.55.